The van der Waals surface area contributed by atoms with Gasteiger partial charge in [-0.2, -0.15) is 0 Å². The smallest absolute Gasteiger partial charge is 0.311 e. The molecular weight excluding hydrogens is 394 g/mol. The Bertz CT molecular complexity index is 917. The number of amides is 1. The SMILES string of the molecule is C[C@H](c1ccccc1)N1C[C@H](C(=O)OCc2cc(Cl)cc3c2OCOC3)CC1=O. The van der Waals surface area contributed by atoms with Gasteiger partial charge in [-0.05, 0) is 24.6 Å². The minimum atomic E-state index is -0.479. The highest BCUT2D eigenvalue weighted by molar-refractivity contribution is 6.30. The van der Waals surface area contributed by atoms with Gasteiger partial charge in [0.25, 0.3) is 0 Å². The zero-order valence-corrected chi connectivity index (χ0v) is 16.9. The van der Waals surface area contributed by atoms with Gasteiger partial charge < -0.3 is 19.1 Å². The molecule has 1 fully saturated rings. The van der Waals surface area contributed by atoms with Gasteiger partial charge in [-0.3, -0.25) is 9.59 Å². The molecule has 0 spiro atoms. The largest absolute Gasteiger partial charge is 0.467 e. The topological polar surface area (TPSA) is 65.1 Å². The van der Waals surface area contributed by atoms with Crippen LogP contribution in [-0.4, -0.2) is 30.1 Å². The fraction of sp³-hybridized carbons (Fsp3) is 0.364. The van der Waals surface area contributed by atoms with E-state index >= 15 is 0 Å². The molecule has 1 amide bonds. The molecule has 4 rings (SSSR count). The van der Waals surface area contributed by atoms with Gasteiger partial charge in [-0.15, -0.1) is 0 Å². The molecule has 0 bridgehead atoms. The van der Waals surface area contributed by atoms with Crippen LogP contribution in [-0.2, 0) is 32.3 Å². The third-order valence-corrected chi connectivity index (χ3v) is 5.58. The number of nitrogens with zero attached hydrogens (tertiary/aromatic N) is 1. The molecule has 152 valence electrons. The van der Waals surface area contributed by atoms with Crippen LogP contribution in [0.3, 0.4) is 0 Å². The van der Waals surface area contributed by atoms with Crippen LogP contribution in [0.4, 0.5) is 0 Å². The van der Waals surface area contributed by atoms with Crippen LogP contribution in [0.1, 0.15) is 36.1 Å². The Hall–Kier alpha value is -2.57. The van der Waals surface area contributed by atoms with Crippen molar-refractivity contribution in [1.29, 1.82) is 0 Å². The summed E-state index contributed by atoms with van der Waals surface area (Å²) in [5.41, 5.74) is 2.57. The molecule has 2 aliphatic rings. The number of esters is 1. The van der Waals surface area contributed by atoms with Crippen LogP contribution >= 0.6 is 11.6 Å². The number of carbonyl (C=O) groups is 2. The second-order valence-corrected chi connectivity index (χ2v) is 7.74. The third kappa shape index (κ3) is 4.23. The second kappa shape index (κ2) is 8.43. The number of likely N-dealkylation sites (tertiary alicyclic amines) is 1. The Balaban J connectivity index is 1.40. The number of rotatable bonds is 5. The lowest BCUT2D eigenvalue weighted by molar-refractivity contribution is -0.149. The van der Waals surface area contributed by atoms with Crippen molar-refractivity contribution >= 4 is 23.5 Å². The molecule has 6 nitrogen and oxygen atoms in total. The van der Waals surface area contributed by atoms with Crippen LogP contribution in [0.5, 0.6) is 5.75 Å². The third-order valence-electron chi connectivity index (χ3n) is 5.36. The van der Waals surface area contributed by atoms with Crippen molar-refractivity contribution in [2.75, 3.05) is 13.3 Å². The molecule has 1 saturated heterocycles. The average molecular weight is 416 g/mol. The lowest BCUT2D eigenvalue weighted by atomic mass is 10.1. The number of fused-ring (bicyclic) bond motifs is 1. The lowest BCUT2D eigenvalue weighted by Crippen LogP contribution is -2.29. The van der Waals surface area contributed by atoms with Gasteiger partial charge in [-0.1, -0.05) is 41.9 Å². The molecule has 0 aliphatic carbocycles. The Morgan fingerprint density at radius 3 is 2.90 bits per heavy atom. The maximum atomic E-state index is 12.6. The van der Waals surface area contributed by atoms with Gasteiger partial charge in [0.1, 0.15) is 12.4 Å². The van der Waals surface area contributed by atoms with Crippen molar-refractivity contribution in [3.05, 3.63) is 64.2 Å². The molecule has 0 unspecified atom stereocenters. The first-order valence-electron chi connectivity index (χ1n) is 9.56. The van der Waals surface area contributed by atoms with Crippen molar-refractivity contribution < 1.29 is 23.8 Å². The summed E-state index contributed by atoms with van der Waals surface area (Å²) in [5, 5.41) is 0.530. The molecule has 0 radical (unpaired) electrons. The summed E-state index contributed by atoms with van der Waals surface area (Å²) in [6, 6.07) is 13.2. The lowest BCUT2D eigenvalue weighted by Gasteiger charge is -2.25. The zero-order chi connectivity index (χ0) is 20.4. The van der Waals surface area contributed by atoms with Crippen LogP contribution in [0.25, 0.3) is 0 Å². The predicted octanol–water partition coefficient (Wildman–Crippen LogP) is 3.86. The molecule has 29 heavy (non-hydrogen) atoms. The second-order valence-electron chi connectivity index (χ2n) is 7.31. The summed E-state index contributed by atoms with van der Waals surface area (Å²) in [6.07, 6.45) is 0.161. The van der Waals surface area contributed by atoms with Crippen LogP contribution in [0.2, 0.25) is 5.02 Å². The fourth-order valence-electron chi connectivity index (χ4n) is 3.81. The van der Waals surface area contributed by atoms with Crippen LogP contribution < -0.4 is 4.74 Å². The molecule has 0 N–H and O–H groups in total. The Kier molecular flexibility index (Phi) is 5.74. The summed E-state index contributed by atoms with van der Waals surface area (Å²) >= 11 is 6.15. The van der Waals surface area contributed by atoms with Crippen molar-refractivity contribution in [3.8, 4) is 5.75 Å². The van der Waals surface area contributed by atoms with Crippen molar-refractivity contribution in [1.82, 2.24) is 4.90 Å². The number of carbonyl (C=O) groups excluding carboxylic acids is 2. The number of halogens is 1. The number of ether oxygens (including phenoxy) is 3. The molecule has 2 aliphatic heterocycles. The van der Waals surface area contributed by atoms with Gasteiger partial charge >= 0.3 is 5.97 Å². The monoisotopic (exact) mass is 415 g/mol. The molecule has 7 heteroatoms. The zero-order valence-electron chi connectivity index (χ0n) is 16.1. The Labute approximate surface area is 174 Å². The Morgan fingerprint density at radius 1 is 1.31 bits per heavy atom. The van der Waals surface area contributed by atoms with E-state index < -0.39 is 5.92 Å². The van der Waals surface area contributed by atoms with Crippen LogP contribution in [0, 0.1) is 5.92 Å². The van der Waals surface area contributed by atoms with Gasteiger partial charge in [0.05, 0.1) is 18.6 Å². The van der Waals surface area contributed by atoms with Gasteiger partial charge in [0, 0.05) is 29.1 Å². The van der Waals surface area contributed by atoms with Gasteiger partial charge in [0.2, 0.25) is 5.91 Å². The highest BCUT2D eigenvalue weighted by Crippen LogP contribution is 2.33. The number of hydrogen-bond donors (Lipinski definition) is 0. The summed E-state index contributed by atoms with van der Waals surface area (Å²) in [6.45, 7) is 2.92. The van der Waals surface area contributed by atoms with E-state index in [1.807, 2.05) is 37.3 Å². The molecule has 2 aromatic carbocycles. The van der Waals surface area contributed by atoms with Crippen molar-refractivity contribution in [2.24, 2.45) is 5.92 Å². The molecule has 2 heterocycles. The minimum Gasteiger partial charge on any atom is -0.467 e. The molecule has 2 aromatic rings. The standard InChI is InChI=1S/C22H22ClNO5/c1-14(15-5-3-2-4-6-15)24-10-16(9-20(24)25)22(26)28-12-18-8-19(23)7-17-11-27-13-29-21(17)18/h2-8,14,16H,9-13H2,1H3/t14-,16-/m1/s1. The molecule has 0 saturated carbocycles. The highest BCUT2D eigenvalue weighted by atomic mass is 35.5. The summed E-state index contributed by atoms with van der Waals surface area (Å²) < 4.78 is 16.3. The predicted molar refractivity (Wildman–Crippen MR) is 106 cm³/mol. The first-order valence-corrected chi connectivity index (χ1v) is 9.93. The minimum absolute atomic E-state index is 0.0380. The van der Waals surface area contributed by atoms with Crippen LogP contribution in [0.15, 0.2) is 42.5 Å². The van der Waals surface area contributed by atoms with Gasteiger partial charge in [-0.25, -0.2) is 0 Å². The summed E-state index contributed by atoms with van der Waals surface area (Å²) in [7, 11) is 0. The van der Waals surface area contributed by atoms with E-state index in [1.54, 1.807) is 17.0 Å². The Morgan fingerprint density at radius 2 is 2.10 bits per heavy atom. The average Bonchev–Trinajstić information content (AvgIpc) is 3.13. The molecule has 0 aromatic heterocycles. The first-order chi connectivity index (χ1) is 14.0. The normalized spacial score (nSPS) is 19.4. The van der Waals surface area contributed by atoms with Crippen molar-refractivity contribution in [3.63, 3.8) is 0 Å². The van der Waals surface area contributed by atoms with E-state index in [2.05, 4.69) is 0 Å². The summed E-state index contributed by atoms with van der Waals surface area (Å²) in [5.74, 6) is -0.256. The molecule has 2 atom stereocenters. The maximum absolute atomic E-state index is 12.6. The maximum Gasteiger partial charge on any atom is 0.311 e. The van der Waals surface area contributed by atoms with E-state index in [0.717, 1.165) is 11.1 Å². The first kappa shape index (κ1) is 19.7. The summed E-state index contributed by atoms with van der Waals surface area (Å²) in [4.78, 5) is 26.8. The number of hydrogen-bond acceptors (Lipinski definition) is 5. The van der Waals surface area contributed by atoms with E-state index in [0.29, 0.717) is 29.5 Å². The quantitative estimate of drug-likeness (QED) is 0.694. The van der Waals surface area contributed by atoms with Crippen molar-refractivity contribution in [2.45, 2.75) is 32.6 Å². The fourth-order valence-corrected chi connectivity index (χ4v) is 4.07. The van der Waals surface area contributed by atoms with E-state index in [1.165, 1.54) is 0 Å². The highest BCUT2D eigenvalue weighted by Gasteiger charge is 2.38. The molecular formula is C22H22ClNO5. The van der Waals surface area contributed by atoms with Gasteiger partial charge in [0.15, 0.2) is 6.79 Å². The van der Waals surface area contributed by atoms with E-state index in [9.17, 15) is 9.59 Å². The van der Waals surface area contributed by atoms with E-state index in [4.69, 9.17) is 25.8 Å². The van der Waals surface area contributed by atoms with E-state index in [-0.39, 0.29) is 37.7 Å². The number of benzene rings is 2.